The summed E-state index contributed by atoms with van der Waals surface area (Å²) in [5.41, 5.74) is 2.37. The Hall–Kier alpha value is -2.72. The Morgan fingerprint density at radius 1 is 1.06 bits per heavy atom. The van der Waals surface area contributed by atoms with Crippen LogP contribution in [-0.2, 0) is 17.7 Å². The van der Waals surface area contributed by atoms with E-state index in [9.17, 15) is 0 Å². The molecule has 0 unspecified atom stereocenters. The summed E-state index contributed by atoms with van der Waals surface area (Å²) in [7, 11) is 3.32. The fourth-order valence-electron chi connectivity index (χ4n) is 4.12. The molecular weight excluding hydrogens is 468 g/mol. The lowest BCUT2D eigenvalue weighted by molar-refractivity contribution is 0.0331. The number of anilines is 1. The lowest BCUT2D eigenvalue weighted by Crippen LogP contribution is -2.36. The number of aromatic nitrogens is 2. The Bertz CT molecular complexity index is 1240. The van der Waals surface area contributed by atoms with Gasteiger partial charge in [-0.05, 0) is 35.6 Å². The van der Waals surface area contributed by atoms with Crippen LogP contribution in [0.5, 0.6) is 11.5 Å². The van der Waals surface area contributed by atoms with Crippen LogP contribution in [-0.4, -0.2) is 61.9 Å². The van der Waals surface area contributed by atoms with Crippen LogP contribution in [0.3, 0.4) is 0 Å². The minimum Gasteiger partial charge on any atom is -0.493 e. The van der Waals surface area contributed by atoms with E-state index in [1.165, 1.54) is 16.0 Å². The average molecular weight is 497 g/mol. The van der Waals surface area contributed by atoms with Gasteiger partial charge in [0.15, 0.2) is 11.5 Å². The van der Waals surface area contributed by atoms with Crippen molar-refractivity contribution < 1.29 is 14.2 Å². The zero-order valence-corrected chi connectivity index (χ0v) is 21.0. The molecule has 0 aliphatic carbocycles. The van der Waals surface area contributed by atoms with Gasteiger partial charge in [-0.3, -0.25) is 4.90 Å². The highest BCUT2D eigenvalue weighted by atomic mass is 32.1. The molecule has 1 aliphatic rings. The molecule has 178 valence electrons. The summed E-state index contributed by atoms with van der Waals surface area (Å²) in [5.74, 6) is 3.24. The van der Waals surface area contributed by atoms with Crippen molar-refractivity contribution >= 4 is 38.7 Å². The van der Waals surface area contributed by atoms with Crippen molar-refractivity contribution in [1.82, 2.24) is 14.9 Å². The standard InChI is InChI=1S/C25H28N4O3S2/c1-30-19-6-5-17(14-20(19)31-2)7-8-26-24-23-18(21-4-3-13-33-21)16-34-25(23)28-22(27-24)15-29-9-11-32-12-10-29/h3-6,13-14,16H,7-12,15H2,1-2H3,(H,26,27,28). The summed E-state index contributed by atoms with van der Waals surface area (Å²) >= 11 is 3.42. The largest absolute Gasteiger partial charge is 0.493 e. The van der Waals surface area contributed by atoms with Crippen molar-refractivity contribution in [3.8, 4) is 21.9 Å². The van der Waals surface area contributed by atoms with Gasteiger partial charge in [-0.25, -0.2) is 9.97 Å². The van der Waals surface area contributed by atoms with Gasteiger partial charge in [0, 0.05) is 35.5 Å². The van der Waals surface area contributed by atoms with Crippen LogP contribution in [0.2, 0.25) is 0 Å². The van der Waals surface area contributed by atoms with Crippen LogP contribution in [0.1, 0.15) is 11.4 Å². The van der Waals surface area contributed by atoms with E-state index in [-0.39, 0.29) is 0 Å². The molecule has 3 aromatic heterocycles. The SMILES string of the molecule is COc1ccc(CCNc2nc(CN3CCOCC3)nc3scc(-c4cccs4)c23)cc1OC. The van der Waals surface area contributed by atoms with E-state index in [0.717, 1.165) is 79.2 Å². The molecule has 34 heavy (non-hydrogen) atoms. The van der Waals surface area contributed by atoms with E-state index < -0.39 is 0 Å². The predicted molar refractivity (Wildman–Crippen MR) is 139 cm³/mol. The first-order valence-corrected chi connectivity index (χ1v) is 13.1. The minimum atomic E-state index is 0.732. The van der Waals surface area contributed by atoms with E-state index in [1.54, 1.807) is 36.9 Å². The van der Waals surface area contributed by atoms with E-state index in [4.69, 9.17) is 24.2 Å². The molecular formula is C25H28N4O3S2. The fourth-order valence-corrected chi connectivity index (χ4v) is 5.90. The van der Waals surface area contributed by atoms with Crippen molar-refractivity contribution in [2.75, 3.05) is 52.4 Å². The van der Waals surface area contributed by atoms with Crippen molar-refractivity contribution in [3.05, 3.63) is 52.5 Å². The summed E-state index contributed by atoms with van der Waals surface area (Å²) in [6.07, 6.45) is 0.836. The second-order valence-corrected chi connectivity index (χ2v) is 9.86. The van der Waals surface area contributed by atoms with Gasteiger partial charge in [0.05, 0.1) is 39.4 Å². The molecule has 1 N–H and O–H groups in total. The van der Waals surface area contributed by atoms with Crippen LogP contribution < -0.4 is 14.8 Å². The Morgan fingerprint density at radius 2 is 1.91 bits per heavy atom. The van der Waals surface area contributed by atoms with Crippen molar-refractivity contribution in [1.29, 1.82) is 0 Å². The third-order valence-corrected chi connectivity index (χ3v) is 7.66. The van der Waals surface area contributed by atoms with Crippen LogP contribution in [0.4, 0.5) is 5.82 Å². The minimum absolute atomic E-state index is 0.732. The number of morpholine rings is 1. The molecule has 4 heterocycles. The molecule has 1 saturated heterocycles. The zero-order valence-electron chi connectivity index (χ0n) is 19.4. The van der Waals surface area contributed by atoms with Gasteiger partial charge >= 0.3 is 0 Å². The molecule has 0 amide bonds. The molecule has 7 nitrogen and oxygen atoms in total. The number of ether oxygens (including phenoxy) is 3. The molecule has 0 spiro atoms. The first-order chi connectivity index (χ1) is 16.7. The maximum atomic E-state index is 5.49. The van der Waals surface area contributed by atoms with Crippen LogP contribution in [0, 0.1) is 0 Å². The Balaban J connectivity index is 1.41. The molecule has 1 aliphatic heterocycles. The maximum absolute atomic E-state index is 5.49. The molecule has 0 saturated carbocycles. The third kappa shape index (κ3) is 5.02. The predicted octanol–water partition coefficient (Wildman–Crippen LogP) is 4.92. The van der Waals surface area contributed by atoms with Gasteiger partial charge in [-0.2, -0.15) is 0 Å². The molecule has 1 aromatic carbocycles. The number of methoxy groups -OCH3 is 2. The van der Waals surface area contributed by atoms with Crippen molar-refractivity contribution in [3.63, 3.8) is 0 Å². The molecule has 0 radical (unpaired) electrons. The molecule has 9 heteroatoms. The Kier molecular flexibility index (Phi) is 7.24. The van der Waals surface area contributed by atoms with Crippen LogP contribution in [0.15, 0.2) is 41.1 Å². The number of hydrogen-bond acceptors (Lipinski definition) is 9. The lowest BCUT2D eigenvalue weighted by atomic mass is 10.1. The number of benzene rings is 1. The summed E-state index contributed by atoms with van der Waals surface area (Å²) < 4.78 is 16.3. The third-order valence-electron chi connectivity index (χ3n) is 5.89. The summed E-state index contributed by atoms with van der Waals surface area (Å²) in [6.45, 7) is 4.83. The van der Waals surface area contributed by atoms with Gasteiger partial charge in [0.2, 0.25) is 0 Å². The summed E-state index contributed by atoms with van der Waals surface area (Å²) in [5, 5.41) is 9.02. The van der Waals surface area contributed by atoms with Gasteiger partial charge < -0.3 is 19.5 Å². The van der Waals surface area contributed by atoms with Crippen molar-refractivity contribution in [2.24, 2.45) is 0 Å². The summed E-state index contributed by atoms with van der Waals surface area (Å²) in [6, 6.07) is 10.3. The monoisotopic (exact) mass is 496 g/mol. The fraction of sp³-hybridized carbons (Fsp3) is 0.360. The highest BCUT2D eigenvalue weighted by Crippen LogP contribution is 2.39. The zero-order chi connectivity index (χ0) is 23.3. The van der Waals surface area contributed by atoms with Gasteiger partial charge in [0.1, 0.15) is 16.5 Å². The smallest absolute Gasteiger partial charge is 0.160 e. The van der Waals surface area contributed by atoms with E-state index in [2.05, 4.69) is 39.2 Å². The first-order valence-electron chi connectivity index (χ1n) is 11.3. The molecule has 4 aromatic rings. The molecule has 0 bridgehead atoms. The second-order valence-electron chi connectivity index (χ2n) is 8.05. The number of fused-ring (bicyclic) bond motifs is 1. The first kappa shape index (κ1) is 23.0. The highest BCUT2D eigenvalue weighted by molar-refractivity contribution is 7.18. The second kappa shape index (κ2) is 10.7. The lowest BCUT2D eigenvalue weighted by Gasteiger charge is -2.25. The molecule has 5 rings (SSSR count). The quantitative estimate of drug-likeness (QED) is 0.353. The van der Waals surface area contributed by atoms with E-state index >= 15 is 0 Å². The highest BCUT2D eigenvalue weighted by Gasteiger charge is 2.18. The number of nitrogens with zero attached hydrogens (tertiary/aromatic N) is 3. The normalized spacial score (nSPS) is 14.4. The molecule has 1 fully saturated rings. The van der Waals surface area contributed by atoms with Gasteiger partial charge in [-0.1, -0.05) is 12.1 Å². The Labute approximate surface area is 207 Å². The van der Waals surface area contributed by atoms with Crippen LogP contribution in [0.25, 0.3) is 20.7 Å². The number of rotatable bonds is 9. The van der Waals surface area contributed by atoms with Gasteiger partial charge in [0.25, 0.3) is 0 Å². The van der Waals surface area contributed by atoms with E-state index in [0.29, 0.717) is 0 Å². The van der Waals surface area contributed by atoms with E-state index in [1.807, 2.05) is 12.1 Å². The number of nitrogens with one attached hydrogen (secondary N) is 1. The molecule has 0 atom stereocenters. The van der Waals surface area contributed by atoms with Gasteiger partial charge in [-0.15, -0.1) is 22.7 Å². The average Bonchev–Trinajstić information content (AvgIpc) is 3.54. The van der Waals surface area contributed by atoms with Crippen LogP contribution >= 0.6 is 22.7 Å². The number of thiophene rings is 2. The maximum Gasteiger partial charge on any atom is 0.160 e. The number of hydrogen-bond donors (Lipinski definition) is 1. The summed E-state index contributed by atoms with van der Waals surface area (Å²) in [4.78, 5) is 14.5. The van der Waals surface area contributed by atoms with Crippen molar-refractivity contribution in [2.45, 2.75) is 13.0 Å². The topological polar surface area (TPSA) is 68.7 Å². The Morgan fingerprint density at radius 3 is 2.68 bits per heavy atom.